The van der Waals surface area contributed by atoms with Gasteiger partial charge in [0.25, 0.3) is 0 Å². The van der Waals surface area contributed by atoms with Crippen LogP contribution in [0.25, 0.3) is 0 Å². The van der Waals surface area contributed by atoms with E-state index in [-0.39, 0.29) is 0 Å². The molecule has 4 rings (SSSR count). The summed E-state index contributed by atoms with van der Waals surface area (Å²) in [6.45, 7) is 0. The Hall–Kier alpha value is -0.340. The summed E-state index contributed by atoms with van der Waals surface area (Å²) in [5.74, 6) is 5.31. The zero-order valence-electron chi connectivity index (χ0n) is 9.73. The summed E-state index contributed by atoms with van der Waals surface area (Å²) in [4.78, 5) is 0. The Bertz CT molecular complexity index is 369. The van der Waals surface area contributed by atoms with Gasteiger partial charge >= 0.3 is 0 Å². The average Bonchev–Trinajstić information content (AvgIpc) is 2.78. The molecule has 0 saturated heterocycles. The highest BCUT2D eigenvalue weighted by Gasteiger charge is 2.66. The molecule has 16 heavy (non-hydrogen) atoms. The van der Waals surface area contributed by atoms with E-state index in [1.54, 1.807) is 6.42 Å². The smallest absolute Gasteiger partial charge is 0.0360 e. The summed E-state index contributed by atoms with van der Waals surface area (Å²) in [6, 6.07) is 2.95. The van der Waals surface area contributed by atoms with Crippen molar-refractivity contribution in [3.63, 3.8) is 0 Å². The first-order valence-corrected chi connectivity index (χ1v) is 7.54. The van der Waals surface area contributed by atoms with Crippen molar-refractivity contribution in [2.45, 2.75) is 25.3 Å². The Morgan fingerprint density at radius 2 is 2.06 bits per heavy atom. The fourth-order valence-electron chi connectivity index (χ4n) is 4.87. The second-order valence-electron chi connectivity index (χ2n) is 5.89. The van der Waals surface area contributed by atoms with E-state index in [4.69, 9.17) is 0 Å². The van der Waals surface area contributed by atoms with Crippen LogP contribution in [0.4, 0.5) is 0 Å². The van der Waals surface area contributed by atoms with Crippen LogP contribution in [0.15, 0.2) is 16.8 Å². The minimum absolute atomic E-state index is 0.643. The molecule has 3 aliphatic carbocycles. The van der Waals surface area contributed by atoms with Crippen molar-refractivity contribution >= 4 is 11.3 Å². The Labute approximate surface area is 101 Å². The molecule has 5 atom stereocenters. The number of nitrogens with one attached hydrogen (secondary N) is 1. The van der Waals surface area contributed by atoms with Crippen molar-refractivity contribution < 1.29 is 0 Å². The normalized spacial score (nSPS) is 45.7. The minimum Gasteiger partial charge on any atom is -0.313 e. The van der Waals surface area contributed by atoms with Gasteiger partial charge in [0.15, 0.2) is 0 Å². The highest BCUT2D eigenvalue weighted by Crippen LogP contribution is 2.72. The molecule has 3 aliphatic rings. The van der Waals surface area contributed by atoms with Crippen LogP contribution in [0, 0.1) is 29.6 Å². The molecule has 0 amide bonds. The average molecular weight is 233 g/mol. The lowest BCUT2D eigenvalue weighted by molar-refractivity contribution is 0.386. The van der Waals surface area contributed by atoms with E-state index in [0.29, 0.717) is 6.04 Å². The third kappa shape index (κ3) is 1.15. The monoisotopic (exact) mass is 233 g/mol. The Kier molecular flexibility index (Phi) is 2.01. The molecule has 5 unspecified atom stereocenters. The molecular weight excluding hydrogens is 214 g/mol. The largest absolute Gasteiger partial charge is 0.313 e. The van der Waals surface area contributed by atoms with Crippen LogP contribution in [0.5, 0.6) is 0 Å². The van der Waals surface area contributed by atoms with Gasteiger partial charge in [0.05, 0.1) is 0 Å². The highest BCUT2D eigenvalue weighted by atomic mass is 32.1. The van der Waals surface area contributed by atoms with Crippen LogP contribution < -0.4 is 5.32 Å². The topological polar surface area (TPSA) is 12.0 Å². The van der Waals surface area contributed by atoms with Gasteiger partial charge in [0.2, 0.25) is 0 Å². The third-order valence-electron chi connectivity index (χ3n) is 5.39. The molecule has 1 N–H and O–H groups in total. The van der Waals surface area contributed by atoms with Crippen LogP contribution in [0.3, 0.4) is 0 Å². The first-order valence-electron chi connectivity index (χ1n) is 6.59. The minimum atomic E-state index is 0.643. The number of hydrogen-bond acceptors (Lipinski definition) is 2. The summed E-state index contributed by atoms with van der Waals surface area (Å²) in [5, 5.41) is 8.12. The van der Waals surface area contributed by atoms with Gasteiger partial charge in [0.1, 0.15) is 0 Å². The van der Waals surface area contributed by atoms with E-state index >= 15 is 0 Å². The van der Waals surface area contributed by atoms with Crippen molar-refractivity contribution in [2.75, 3.05) is 7.05 Å². The van der Waals surface area contributed by atoms with Gasteiger partial charge in [-0.3, -0.25) is 0 Å². The van der Waals surface area contributed by atoms with Crippen LogP contribution >= 0.6 is 11.3 Å². The van der Waals surface area contributed by atoms with Gasteiger partial charge < -0.3 is 5.32 Å². The maximum atomic E-state index is 3.57. The van der Waals surface area contributed by atoms with Gasteiger partial charge in [-0.1, -0.05) is 0 Å². The maximum absolute atomic E-state index is 3.57. The fraction of sp³-hybridized carbons (Fsp3) is 0.714. The molecule has 0 aliphatic heterocycles. The lowest BCUT2D eigenvalue weighted by Gasteiger charge is -2.19. The van der Waals surface area contributed by atoms with Crippen LogP contribution in [0.1, 0.15) is 30.9 Å². The standard InChI is InChI=1S/C14H19NS/c1-15-14(10-4-5-16-7-10)13-11-8-2-3-9(6-8)12(11)13/h4-5,7-9,11-15H,2-3,6H2,1H3. The molecule has 0 spiro atoms. The van der Waals surface area contributed by atoms with Crippen molar-refractivity contribution in [1.29, 1.82) is 0 Å². The predicted octanol–water partition coefficient (Wildman–Crippen LogP) is 3.30. The molecule has 86 valence electrons. The number of fused-ring (bicyclic) bond motifs is 5. The Balaban J connectivity index is 1.59. The van der Waals surface area contributed by atoms with E-state index in [9.17, 15) is 0 Å². The zero-order valence-corrected chi connectivity index (χ0v) is 10.5. The quantitative estimate of drug-likeness (QED) is 0.844. The molecule has 0 aromatic carbocycles. The van der Waals surface area contributed by atoms with Crippen molar-refractivity contribution in [2.24, 2.45) is 29.6 Å². The van der Waals surface area contributed by atoms with E-state index in [1.165, 1.54) is 18.4 Å². The molecule has 2 bridgehead atoms. The molecule has 3 saturated carbocycles. The van der Waals surface area contributed by atoms with Crippen molar-refractivity contribution in [3.8, 4) is 0 Å². The van der Waals surface area contributed by atoms with Gasteiger partial charge in [0, 0.05) is 6.04 Å². The molecule has 1 aromatic rings. The van der Waals surface area contributed by atoms with Gasteiger partial charge in [-0.05, 0) is 78.3 Å². The zero-order chi connectivity index (χ0) is 10.7. The highest BCUT2D eigenvalue weighted by molar-refractivity contribution is 7.07. The molecule has 1 nitrogen and oxygen atoms in total. The summed E-state index contributed by atoms with van der Waals surface area (Å²) in [6.07, 6.45) is 4.62. The van der Waals surface area contributed by atoms with E-state index < -0.39 is 0 Å². The van der Waals surface area contributed by atoms with Crippen molar-refractivity contribution in [1.82, 2.24) is 5.32 Å². The van der Waals surface area contributed by atoms with E-state index in [0.717, 1.165) is 29.6 Å². The molecule has 1 aromatic heterocycles. The third-order valence-corrected chi connectivity index (χ3v) is 6.09. The van der Waals surface area contributed by atoms with Gasteiger partial charge in [-0.15, -0.1) is 0 Å². The Morgan fingerprint density at radius 1 is 1.31 bits per heavy atom. The first kappa shape index (κ1) is 9.67. The lowest BCUT2D eigenvalue weighted by Crippen LogP contribution is -2.21. The number of rotatable bonds is 3. The lowest BCUT2D eigenvalue weighted by atomic mass is 9.94. The maximum Gasteiger partial charge on any atom is 0.0360 e. The van der Waals surface area contributed by atoms with Gasteiger partial charge in [-0.2, -0.15) is 11.3 Å². The number of hydrogen-bond donors (Lipinski definition) is 1. The molecular formula is C14H19NS. The van der Waals surface area contributed by atoms with Crippen LogP contribution in [-0.2, 0) is 0 Å². The van der Waals surface area contributed by atoms with E-state index in [1.807, 2.05) is 11.3 Å². The molecule has 3 fully saturated rings. The van der Waals surface area contributed by atoms with Crippen LogP contribution in [0.2, 0.25) is 0 Å². The van der Waals surface area contributed by atoms with Gasteiger partial charge in [-0.25, -0.2) is 0 Å². The predicted molar refractivity (Wildman–Crippen MR) is 67.4 cm³/mol. The van der Waals surface area contributed by atoms with Crippen LogP contribution in [-0.4, -0.2) is 7.05 Å². The molecule has 2 heteroatoms. The SMILES string of the molecule is CNC(c1ccsc1)C1C2C3CCC(C3)C21. The summed E-state index contributed by atoms with van der Waals surface area (Å²) in [7, 11) is 2.14. The summed E-state index contributed by atoms with van der Waals surface area (Å²) >= 11 is 1.83. The second-order valence-corrected chi connectivity index (χ2v) is 6.67. The molecule has 1 heterocycles. The first-order chi connectivity index (χ1) is 7.90. The van der Waals surface area contributed by atoms with Crippen molar-refractivity contribution in [3.05, 3.63) is 22.4 Å². The summed E-state index contributed by atoms with van der Waals surface area (Å²) in [5.41, 5.74) is 1.53. The number of thiophene rings is 1. The molecule has 0 radical (unpaired) electrons. The second kappa shape index (κ2) is 3.33. The van der Waals surface area contributed by atoms with E-state index in [2.05, 4.69) is 29.2 Å². The Morgan fingerprint density at radius 3 is 2.62 bits per heavy atom. The fourth-order valence-corrected chi connectivity index (χ4v) is 5.57. The summed E-state index contributed by atoms with van der Waals surface area (Å²) < 4.78 is 0.